The largest absolute Gasteiger partial charge is 0.367 e. The van der Waals surface area contributed by atoms with Crippen LogP contribution in [0.2, 0.25) is 0 Å². The van der Waals surface area contributed by atoms with Gasteiger partial charge in [0, 0.05) is 35.9 Å². The van der Waals surface area contributed by atoms with Gasteiger partial charge in [-0.15, -0.1) is 17.5 Å². The van der Waals surface area contributed by atoms with Crippen LogP contribution in [0.3, 0.4) is 0 Å². The van der Waals surface area contributed by atoms with Crippen LogP contribution in [-0.4, -0.2) is 28.4 Å². The number of aromatic nitrogens is 2. The summed E-state index contributed by atoms with van der Waals surface area (Å²) >= 11 is 0. The number of hydrazone groups is 1. The van der Waals surface area contributed by atoms with Crippen LogP contribution < -0.4 is 11.2 Å². The summed E-state index contributed by atoms with van der Waals surface area (Å²) in [5, 5.41) is 11.5. The summed E-state index contributed by atoms with van der Waals surface area (Å²) in [5.41, 5.74) is 9.83. The van der Waals surface area contributed by atoms with E-state index < -0.39 is 0 Å². The quantitative estimate of drug-likeness (QED) is 0.503. The van der Waals surface area contributed by atoms with Crippen molar-refractivity contribution in [3.05, 3.63) is 60.2 Å². The van der Waals surface area contributed by atoms with E-state index in [1.807, 2.05) is 24.3 Å². The van der Waals surface area contributed by atoms with E-state index in [0.717, 1.165) is 11.1 Å². The van der Waals surface area contributed by atoms with E-state index in [1.165, 1.54) is 0 Å². The van der Waals surface area contributed by atoms with Gasteiger partial charge in [-0.25, -0.2) is 5.43 Å². The van der Waals surface area contributed by atoms with Gasteiger partial charge in [-0.3, -0.25) is 9.97 Å². The topological polar surface area (TPSA) is 101 Å². The Labute approximate surface area is 128 Å². The molecule has 0 amide bonds. The second kappa shape index (κ2) is 9.16. The van der Waals surface area contributed by atoms with Gasteiger partial charge in [0.05, 0.1) is 12.4 Å². The van der Waals surface area contributed by atoms with Crippen molar-refractivity contribution in [2.24, 2.45) is 21.0 Å². The molecule has 0 radical (unpaired) electrons. The normalized spacial score (nSPS) is 11.5. The maximum Gasteiger partial charge on any atom is 0.234 e. The molecule has 2 rings (SSSR count). The number of nitrogens with one attached hydrogen (secondary N) is 1. The van der Waals surface area contributed by atoms with Gasteiger partial charge >= 0.3 is 0 Å². The second-order valence-corrected chi connectivity index (χ2v) is 3.67. The summed E-state index contributed by atoms with van der Waals surface area (Å²) in [5.74, 6) is 0.0882. The van der Waals surface area contributed by atoms with Crippen molar-refractivity contribution in [3.8, 4) is 0 Å². The summed E-state index contributed by atoms with van der Waals surface area (Å²) in [6.45, 7) is 0. The molecule has 0 aliphatic rings. The Bertz CT molecular complexity index is 611. The predicted octanol–water partition coefficient (Wildman–Crippen LogP) is 1.17. The van der Waals surface area contributed by atoms with E-state index in [4.69, 9.17) is 5.73 Å². The lowest BCUT2D eigenvalue weighted by atomic mass is 10.3. The number of halogens is 1. The third-order valence-electron chi connectivity index (χ3n) is 2.13. The van der Waals surface area contributed by atoms with Crippen LogP contribution in [-0.2, 0) is 0 Å². The van der Waals surface area contributed by atoms with Crippen LogP contribution in [0.4, 0.5) is 0 Å². The molecule has 0 aliphatic carbocycles. The molecule has 0 unspecified atom stereocenters. The lowest BCUT2D eigenvalue weighted by Crippen LogP contribution is -2.26. The van der Waals surface area contributed by atoms with Gasteiger partial charge < -0.3 is 5.73 Å². The van der Waals surface area contributed by atoms with Crippen LogP contribution >= 0.6 is 12.4 Å². The second-order valence-electron chi connectivity index (χ2n) is 3.67. The molecular formula is C13H14ClN7. The Kier molecular flexibility index (Phi) is 7.09. The molecule has 0 aliphatic heterocycles. The predicted molar refractivity (Wildman–Crippen MR) is 85.7 cm³/mol. The van der Waals surface area contributed by atoms with E-state index >= 15 is 0 Å². The van der Waals surface area contributed by atoms with Gasteiger partial charge in [-0.2, -0.15) is 10.2 Å². The monoisotopic (exact) mass is 303 g/mol. The average Bonchev–Trinajstić information content (AvgIpc) is 2.49. The first-order valence-corrected chi connectivity index (χ1v) is 5.80. The third-order valence-corrected chi connectivity index (χ3v) is 2.13. The van der Waals surface area contributed by atoms with Crippen LogP contribution in [0.15, 0.2) is 64.4 Å². The van der Waals surface area contributed by atoms with Gasteiger partial charge in [0.1, 0.15) is 0 Å². The minimum Gasteiger partial charge on any atom is -0.367 e. The first-order chi connectivity index (χ1) is 9.84. The van der Waals surface area contributed by atoms with Crippen molar-refractivity contribution in [1.29, 1.82) is 0 Å². The van der Waals surface area contributed by atoms with Crippen LogP contribution in [0, 0.1) is 0 Å². The van der Waals surface area contributed by atoms with Crippen molar-refractivity contribution in [2.75, 3.05) is 0 Å². The van der Waals surface area contributed by atoms with Crippen LogP contribution in [0.5, 0.6) is 0 Å². The molecule has 21 heavy (non-hydrogen) atoms. The molecule has 108 valence electrons. The summed E-state index contributed by atoms with van der Waals surface area (Å²) < 4.78 is 0. The van der Waals surface area contributed by atoms with E-state index in [2.05, 4.69) is 30.7 Å². The lowest BCUT2D eigenvalue weighted by Gasteiger charge is -1.95. The Morgan fingerprint density at radius 2 is 1.67 bits per heavy atom. The number of rotatable bonds is 4. The third kappa shape index (κ3) is 6.26. The van der Waals surface area contributed by atoms with E-state index in [-0.39, 0.29) is 18.4 Å². The Balaban J connectivity index is 0.00000220. The Morgan fingerprint density at radius 3 is 2.24 bits per heavy atom. The summed E-state index contributed by atoms with van der Waals surface area (Å²) in [7, 11) is 0. The van der Waals surface area contributed by atoms with Crippen LogP contribution in [0.25, 0.3) is 0 Å². The number of hydrogen-bond donors (Lipinski definition) is 2. The van der Waals surface area contributed by atoms with Crippen molar-refractivity contribution in [1.82, 2.24) is 15.4 Å². The average molecular weight is 304 g/mol. The zero-order chi connectivity index (χ0) is 14.0. The smallest absolute Gasteiger partial charge is 0.234 e. The maximum atomic E-state index is 5.58. The molecule has 8 heteroatoms. The molecule has 0 saturated heterocycles. The highest BCUT2D eigenvalue weighted by atomic mass is 35.5. The molecule has 2 heterocycles. The zero-order valence-electron chi connectivity index (χ0n) is 11.0. The lowest BCUT2D eigenvalue weighted by molar-refractivity contribution is 0.993. The SMILES string of the molecule is Cl.N/C(=N\N=C/c1cccnc1)N/N=C\c1cccnc1. The minimum atomic E-state index is 0. The molecule has 3 N–H and O–H groups in total. The number of guanidine groups is 1. The molecule has 2 aromatic heterocycles. The molecule has 0 fully saturated rings. The minimum absolute atomic E-state index is 0. The molecule has 0 spiro atoms. The first-order valence-electron chi connectivity index (χ1n) is 5.80. The Hall–Kier alpha value is -2.80. The molecule has 0 bridgehead atoms. The Morgan fingerprint density at radius 1 is 1.05 bits per heavy atom. The summed E-state index contributed by atoms with van der Waals surface area (Å²) in [4.78, 5) is 7.91. The highest BCUT2D eigenvalue weighted by Gasteiger charge is 1.88. The van der Waals surface area contributed by atoms with Crippen molar-refractivity contribution < 1.29 is 0 Å². The van der Waals surface area contributed by atoms with Crippen molar-refractivity contribution in [3.63, 3.8) is 0 Å². The first kappa shape index (κ1) is 16.3. The molecule has 2 aromatic rings. The molecule has 0 aromatic carbocycles. The molecule has 0 atom stereocenters. The highest BCUT2D eigenvalue weighted by Crippen LogP contribution is 1.91. The van der Waals surface area contributed by atoms with Crippen LogP contribution in [0.1, 0.15) is 11.1 Å². The van der Waals surface area contributed by atoms with E-state index in [9.17, 15) is 0 Å². The maximum absolute atomic E-state index is 5.58. The zero-order valence-corrected chi connectivity index (χ0v) is 11.8. The van der Waals surface area contributed by atoms with Gasteiger partial charge in [0.25, 0.3) is 0 Å². The summed E-state index contributed by atoms with van der Waals surface area (Å²) in [6, 6.07) is 7.35. The number of pyridine rings is 2. The molecule has 7 nitrogen and oxygen atoms in total. The van der Waals surface area contributed by atoms with E-state index in [1.54, 1.807) is 37.2 Å². The summed E-state index contributed by atoms with van der Waals surface area (Å²) in [6.07, 6.45) is 9.85. The van der Waals surface area contributed by atoms with Crippen molar-refractivity contribution >= 4 is 30.8 Å². The van der Waals surface area contributed by atoms with E-state index in [0.29, 0.717) is 0 Å². The number of hydrogen-bond acceptors (Lipinski definition) is 5. The number of nitrogens with zero attached hydrogens (tertiary/aromatic N) is 5. The van der Waals surface area contributed by atoms with Gasteiger partial charge in [-0.05, 0) is 12.1 Å². The molecule has 0 saturated carbocycles. The van der Waals surface area contributed by atoms with Gasteiger partial charge in [-0.1, -0.05) is 12.1 Å². The van der Waals surface area contributed by atoms with Crippen molar-refractivity contribution in [2.45, 2.75) is 0 Å². The molecular weight excluding hydrogens is 290 g/mol. The van der Waals surface area contributed by atoms with Gasteiger partial charge in [0.2, 0.25) is 5.96 Å². The fourth-order valence-corrected chi connectivity index (χ4v) is 1.26. The standard InChI is InChI=1S/C13H13N7.ClH/c14-13(19-17-9-11-3-1-5-15-7-11)20-18-10-12-4-2-6-16-8-12;/h1-10H,(H3,14,19,20);1H/b17-9-,18-10-;. The fourth-order valence-electron chi connectivity index (χ4n) is 1.26. The highest BCUT2D eigenvalue weighted by molar-refractivity contribution is 5.85. The fraction of sp³-hybridized carbons (Fsp3) is 0. The van der Waals surface area contributed by atoms with Gasteiger partial charge in [0.15, 0.2) is 0 Å². The number of nitrogens with two attached hydrogens (primary N) is 1.